The van der Waals surface area contributed by atoms with Gasteiger partial charge in [-0.05, 0) is 24.3 Å². The van der Waals surface area contributed by atoms with E-state index in [0.29, 0.717) is 16.2 Å². The Morgan fingerprint density at radius 3 is 2.58 bits per heavy atom. The molecular weight excluding hydrogens is 248 g/mol. The largest absolute Gasteiger partial charge is 0.508 e. The van der Waals surface area contributed by atoms with Gasteiger partial charge in [0.1, 0.15) is 11.3 Å². The molecule has 1 aromatic heterocycles. The molecule has 1 heterocycles. The highest BCUT2D eigenvalue weighted by molar-refractivity contribution is 6.05. The Bertz CT molecular complexity index is 848. The van der Waals surface area contributed by atoms with Crippen LogP contribution < -0.4 is 10.4 Å². The van der Waals surface area contributed by atoms with E-state index in [1.54, 1.807) is 6.07 Å². The molecule has 5 heteroatoms. The molecule has 0 bridgehead atoms. The van der Waals surface area contributed by atoms with Gasteiger partial charge in [-0.15, -0.1) is 0 Å². The van der Waals surface area contributed by atoms with Crippen molar-refractivity contribution >= 4 is 21.7 Å². The van der Waals surface area contributed by atoms with Crippen molar-refractivity contribution in [1.29, 1.82) is 0 Å². The highest BCUT2D eigenvalue weighted by atomic mass is 16.5. The number of rotatable bonds is 1. The van der Waals surface area contributed by atoms with Crippen molar-refractivity contribution < 1.29 is 19.4 Å². The predicted octanol–water partition coefficient (Wildman–Crippen LogP) is 2.37. The lowest BCUT2D eigenvalue weighted by Gasteiger charge is -2.07. The molecule has 0 aliphatic rings. The number of benzene rings is 2. The van der Waals surface area contributed by atoms with Gasteiger partial charge in [0, 0.05) is 16.8 Å². The normalized spacial score (nSPS) is 11.0. The molecule has 19 heavy (non-hydrogen) atoms. The summed E-state index contributed by atoms with van der Waals surface area (Å²) in [7, 11) is 1.40. The zero-order valence-electron chi connectivity index (χ0n) is 10.0. The molecule has 0 aliphatic carbocycles. The third-order valence-corrected chi connectivity index (χ3v) is 3.00. The molecule has 0 spiro atoms. The summed E-state index contributed by atoms with van der Waals surface area (Å²) in [6, 6.07) is 7.36. The summed E-state index contributed by atoms with van der Waals surface area (Å²) < 4.78 is 10.1. The van der Waals surface area contributed by atoms with Gasteiger partial charge in [-0.1, -0.05) is 0 Å². The fourth-order valence-corrected chi connectivity index (χ4v) is 2.10. The van der Waals surface area contributed by atoms with Crippen molar-refractivity contribution in [3.8, 4) is 17.2 Å². The van der Waals surface area contributed by atoms with Gasteiger partial charge in [-0.3, -0.25) is 0 Å². The second kappa shape index (κ2) is 3.91. The Morgan fingerprint density at radius 2 is 1.84 bits per heavy atom. The van der Waals surface area contributed by atoms with Crippen molar-refractivity contribution in [2.45, 2.75) is 0 Å². The van der Waals surface area contributed by atoms with E-state index in [1.165, 1.54) is 31.4 Å². The number of fused-ring (bicyclic) bond motifs is 3. The molecule has 0 saturated heterocycles. The van der Waals surface area contributed by atoms with E-state index >= 15 is 0 Å². The minimum Gasteiger partial charge on any atom is -0.508 e. The van der Waals surface area contributed by atoms with E-state index in [1.807, 2.05) is 0 Å². The molecule has 0 amide bonds. The van der Waals surface area contributed by atoms with Crippen molar-refractivity contribution in [2.75, 3.05) is 7.11 Å². The van der Waals surface area contributed by atoms with Crippen LogP contribution in [0.3, 0.4) is 0 Å². The van der Waals surface area contributed by atoms with Gasteiger partial charge in [-0.25, -0.2) is 4.79 Å². The van der Waals surface area contributed by atoms with Gasteiger partial charge >= 0.3 is 5.63 Å². The highest BCUT2D eigenvalue weighted by Gasteiger charge is 2.12. The third kappa shape index (κ3) is 1.67. The smallest absolute Gasteiger partial charge is 0.344 e. The molecule has 0 radical (unpaired) electrons. The molecule has 3 aromatic rings. The summed E-state index contributed by atoms with van der Waals surface area (Å²) in [5.41, 5.74) is -0.284. The van der Waals surface area contributed by atoms with Crippen LogP contribution >= 0.6 is 0 Å². The quantitative estimate of drug-likeness (QED) is 0.517. The van der Waals surface area contributed by atoms with Crippen LogP contribution in [0.25, 0.3) is 21.7 Å². The Morgan fingerprint density at radius 1 is 1.05 bits per heavy atom. The molecule has 2 aromatic carbocycles. The van der Waals surface area contributed by atoms with E-state index in [-0.39, 0.29) is 22.8 Å². The van der Waals surface area contributed by atoms with Crippen LogP contribution in [0.4, 0.5) is 0 Å². The first-order valence-corrected chi connectivity index (χ1v) is 5.56. The predicted molar refractivity (Wildman–Crippen MR) is 69.9 cm³/mol. The fraction of sp³-hybridized carbons (Fsp3) is 0.0714. The average Bonchev–Trinajstić information content (AvgIpc) is 2.38. The van der Waals surface area contributed by atoms with Crippen LogP contribution in [0.2, 0.25) is 0 Å². The maximum absolute atomic E-state index is 11.9. The topological polar surface area (TPSA) is 79.9 Å². The van der Waals surface area contributed by atoms with Crippen molar-refractivity contribution in [2.24, 2.45) is 0 Å². The monoisotopic (exact) mass is 258 g/mol. The second-order valence-corrected chi connectivity index (χ2v) is 4.14. The van der Waals surface area contributed by atoms with Gasteiger partial charge in [0.25, 0.3) is 0 Å². The molecular formula is C14H10O5. The fourth-order valence-electron chi connectivity index (χ4n) is 2.10. The van der Waals surface area contributed by atoms with E-state index < -0.39 is 5.63 Å². The van der Waals surface area contributed by atoms with Crippen LogP contribution in [-0.2, 0) is 0 Å². The zero-order chi connectivity index (χ0) is 13.6. The Balaban J connectivity index is 2.54. The van der Waals surface area contributed by atoms with Gasteiger partial charge in [0.15, 0.2) is 11.5 Å². The SMILES string of the molecule is COc1cc2c(=O)oc3cc(O)ccc3c2cc1O. The number of ether oxygens (including phenoxy) is 1. The van der Waals surface area contributed by atoms with Crippen molar-refractivity contribution in [3.05, 3.63) is 40.8 Å². The molecule has 0 atom stereocenters. The molecule has 3 rings (SSSR count). The Hall–Kier alpha value is -2.69. The average molecular weight is 258 g/mol. The van der Waals surface area contributed by atoms with Crippen molar-refractivity contribution in [1.82, 2.24) is 0 Å². The summed E-state index contributed by atoms with van der Waals surface area (Å²) >= 11 is 0. The van der Waals surface area contributed by atoms with Gasteiger partial charge < -0.3 is 19.4 Å². The first-order chi connectivity index (χ1) is 9.10. The molecule has 2 N–H and O–H groups in total. The Kier molecular flexibility index (Phi) is 2.35. The van der Waals surface area contributed by atoms with E-state index in [4.69, 9.17) is 9.15 Å². The molecule has 5 nitrogen and oxygen atoms in total. The summed E-state index contributed by atoms with van der Waals surface area (Å²) in [6.07, 6.45) is 0. The highest BCUT2D eigenvalue weighted by Crippen LogP contribution is 2.34. The van der Waals surface area contributed by atoms with E-state index in [0.717, 1.165) is 0 Å². The standard InChI is InChI=1S/C14H10O5/c1-18-13-6-10-9(5-11(13)16)8-3-2-7(15)4-12(8)19-14(10)17/h2-6,15-16H,1H3. The van der Waals surface area contributed by atoms with Gasteiger partial charge in [0.05, 0.1) is 12.5 Å². The summed E-state index contributed by atoms with van der Waals surface area (Å²) in [5, 5.41) is 20.7. The lowest BCUT2D eigenvalue weighted by molar-refractivity contribution is 0.374. The van der Waals surface area contributed by atoms with Crippen LogP contribution in [0, 0.1) is 0 Å². The summed E-state index contributed by atoms with van der Waals surface area (Å²) in [5.74, 6) is 0.153. The maximum Gasteiger partial charge on any atom is 0.344 e. The third-order valence-electron chi connectivity index (χ3n) is 3.00. The number of phenolic OH excluding ortho intramolecular Hbond substituents is 2. The lowest BCUT2D eigenvalue weighted by Crippen LogP contribution is -2.00. The van der Waals surface area contributed by atoms with E-state index in [2.05, 4.69) is 0 Å². The minimum absolute atomic E-state index is 0.00716. The number of methoxy groups -OCH3 is 1. The molecule has 0 saturated carbocycles. The number of aromatic hydroxyl groups is 2. The lowest BCUT2D eigenvalue weighted by atomic mass is 10.1. The number of phenols is 2. The van der Waals surface area contributed by atoms with Crippen LogP contribution in [0.15, 0.2) is 39.5 Å². The molecule has 0 fully saturated rings. The van der Waals surface area contributed by atoms with E-state index in [9.17, 15) is 15.0 Å². The molecule has 0 aliphatic heterocycles. The van der Waals surface area contributed by atoms with Crippen LogP contribution in [0.5, 0.6) is 17.2 Å². The minimum atomic E-state index is -0.550. The molecule has 96 valence electrons. The van der Waals surface area contributed by atoms with Gasteiger partial charge in [0.2, 0.25) is 0 Å². The number of hydrogen-bond donors (Lipinski definition) is 2. The van der Waals surface area contributed by atoms with Crippen LogP contribution in [-0.4, -0.2) is 17.3 Å². The van der Waals surface area contributed by atoms with Crippen molar-refractivity contribution in [3.63, 3.8) is 0 Å². The van der Waals surface area contributed by atoms with Crippen LogP contribution in [0.1, 0.15) is 0 Å². The Labute approximate surface area is 107 Å². The number of hydrogen-bond acceptors (Lipinski definition) is 5. The summed E-state index contributed by atoms with van der Waals surface area (Å²) in [6.45, 7) is 0. The first kappa shape index (κ1) is 11.4. The maximum atomic E-state index is 11.9. The second-order valence-electron chi connectivity index (χ2n) is 4.14. The molecule has 0 unspecified atom stereocenters. The first-order valence-electron chi connectivity index (χ1n) is 5.56. The summed E-state index contributed by atoms with van der Waals surface area (Å²) in [4.78, 5) is 11.9. The zero-order valence-corrected chi connectivity index (χ0v) is 10.0. The van der Waals surface area contributed by atoms with Gasteiger partial charge in [-0.2, -0.15) is 0 Å².